The fourth-order valence-electron chi connectivity index (χ4n) is 1.98. The monoisotopic (exact) mass is 409 g/mol. The lowest BCUT2D eigenvalue weighted by Gasteiger charge is -2.00. The van der Waals surface area contributed by atoms with Crippen molar-refractivity contribution in [2.75, 3.05) is 12.9 Å². The van der Waals surface area contributed by atoms with Gasteiger partial charge in [-0.25, -0.2) is 9.78 Å². The maximum absolute atomic E-state index is 12.3. The number of carbonyl (C=O) groups is 1. The highest BCUT2D eigenvalue weighted by Gasteiger charge is 2.20. The number of nitrogens with zero attached hydrogens (tertiary/aromatic N) is 3. The van der Waals surface area contributed by atoms with Crippen LogP contribution in [-0.2, 0) is 10.5 Å². The zero-order valence-electron chi connectivity index (χ0n) is 13.6. The molecule has 3 rings (SSSR count). The fraction of sp³-hybridized carbons (Fsp3) is 0.250. The van der Waals surface area contributed by atoms with Crippen LogP contribution in [0.25, 0.3) is 10.6 Å². The van der Waals surface area contributed by atoms with Gasteiger partial charge >= 0.3 is 5.97 Å². The maximum Gasteiger partial charge on any atom is 0.350 e. The smallest absolute Gasteiger partial charge is 0.350 e. The standard InChI is InChI=1S/C16H15N3O2S4/c1-3-21-14(20)12-11(9-23-16-19-18-15(22-2)25-16)17-13(24-12)10-7-5-4-6-8-10/h4-8H,3,9H2,1-2H3. The second-order valence-electron chi connectivity index (χ2n) is 4.71. The third-order valence-electron chi connectivity index (χ3n) is 3.07. The van der Waals surface area contributed by atoms with Crippen LogP contribution in [0, 0.1) is 0 Å². The van der Waals surface area contributed by atoms with Gasteiger partial charge in [0.1, 0.15) is 9.88 Å². The number of thioether (sulfide) groups is 2. The molecule has 0 aliphatic heterocycles. The van der Waals surface area contributed by atoms with Gasteiger partial charge < -0.3 is 4.74 Å². The van der Waals surface area contributed by atoms with E-state index in [1.165, 1.54) is 23.1 Å². The Hall–Kier alpha value is -1.42. The van der Waals surface area contributed by atoms with E-state index in [0.29, 0.717) is 17.2 Å². The number of thiazole rings is 1. The van der Waals surface area contributed by atoms with Crippen LogP contribution in [0.2, 0.25) is 0 Å². The third-order valence-corrected chi connectivity index (χ3v) is 7.24. The predicted molar refractivity (Wildman–Crippen MR) is 105 cm³/mol. The second kappa shape index (κ2) is 8.79. The highest BCUT2D eigenvalue weighted by Crippen LogP contribution is 2.34. The number of rotatable bonds is 7. The molecule has 0 radical (unpaired) electrons. The summed E-state index contributed by atoms with van der Waals surface area (Å²) in [6, 6.07) is 9.85. The molecule has 3 aromatic rings. The molecule has 0 N–H and O–H groups in total. The fourth-order valence-corrected chi connectivity index (χ4v) is 5.43. The van der Waals surface area contributed by atoms with E-state index in [1.54, 1.807) is 30.0 Å². The molecule has 0 spiro atoms. The summed E-state index contributed by atoms with van der Waals surface area (Å²) < 4.78 is 6.98. The van der Waals surface area contributed by atoms with Crippen molar-refractivity contribution in [2.45, 2.75) is 21.4 Å². The number of esters is 1. The van der Waals surface area contributed by atoms with Crippen molar-refractivity contribution in [1.82, 2.24) is 15.2 Å². The van der Waals surface area contributed by atoms with Crippen molar-refractivity contribution in [1.29, 1.82) is 0 Å². The number of hydrogen-bond donors (Lipinski definition) is 0. The predicted octanol–water partition coefficient (Wildman–Crippen LogP) is 4.85. The first kappa shape index (κ1) is 18.4. The second-order valence-corrected chi connectivity index (χ2v) is 8.96. The zero-order valence-corrected chi connectivity index (χ0v) is 16.9. The maximum atomic E-state index is 12.3. The summed E-state index contributed by atoms with van der Waals surface area (Å²) in [4.78, 5) is 17.5. The minimum atomic E-state index is -0.320. The van der Waals surface area contributed by atoms with Crippen molar-refractivity contribution >= 4 is 52.2 Å². The normalized spacial score (nSPS) is 10.8. The van der Waals surface area contributed by atoms with Crippen LogP contribution in [0.3, 0.4) is 0 Å². The quantitative estimate of drug-likeness (QED) is 0.408. The first-order valence-corrected chi connectivity index (χ1v) is 11.3. The van der Waals surface area contributed by atoms with E-state index in [2.05, 4.69) is 15.2 Å². The highest BCUT2D eigenvalue weighted by atomic mass is 32.2. The van der Waals surface area contributed by atoms with E-state index in [-0.39, 0.29) is 5.97 Å². The van der Waals surface area contributed by atoms with Crippen LogP contribution >= 0.6 is 46.2 Å². The van der Waals surface area contributed by atoms with Crippen molar-refractivity contribution in [3.05, 3.63) is 40.9 Å². The lowest BCUT2D eigenvalue weighted by molar-refractivity contribution is 0.0531. The zero-order chi connectivity index (χ0) is 17.6. The minimum Gasteiger partial charge on any atom is -0.462 e. The molecule has 5 nitrogen and oxygen atoms in total. The molecule has 1 aromatic carbocycles. The van der Waals surface area contributed by atoms with Crippen molar-refractivity contribution < 1.29 is 9.53 Å². The van der Waals surface area contributed by atoms with Crippen LogP contribution < -0.4 is 0 Å². The van der Waals surface area contributed by atoms with Crippen molar-refractivity contribution in [3.8, 4) is 10.6 Å². The van der Waals surface area contributed by atoms with Gasteiger partial charge in [-0.2, -0.15) is 0 Å². The molecule has 0 atom stereocenters. The number of carbonyl (C=O) groups excluding carboxylic acids is 1. The minimum absolute atomic E-state index is 0.320. The Morgan fingerprint density at radius 1 is 1.16 bits per heavy atom. The summed E-state index contributed by atoms with van der Waals surface area (Å²) in [5.41, 5.74) is 1.73. The summed E-state index contributed by atoms with van der Waals surface area (Å²) in [5, 5.41) is 9.06. The highest BCUT2D eigenvalue weighted by molar-refractivity contribution is 8.02. The molecule has 0 saturated carbocycles. The SMILES string of the molecule is CCOC(=O)c1sc(-c2ccccc2)nc1CSc1nnc(SC)s1. The first-order chi connectivity index (χ1) is 12.2. The van der Waals surface area contributed by atoms with Gasteiger partial charge in [-0.05, 0) is 13.2 Å². The van der Waals surface area contributed by atoms with Gasteiger partial charge in [-0.3, -0.25) is 0 Å². The molecule has 0 amide bonds. The van der Waals surface area contributed by atoms with E-state index < -0.39 is 0 Å². The van der Waals surface area contributed by atoms with Gasteiger partial charge in [0, 0.05) is 11.3 Å². The number of aromatic nitrogens is 3. The molecule has 130 valence electrons. The average molecular weight is 410 g/mol. The van der Waals surface area contributed by atoms with E-state index in [0.717, 1.165) is 24.9 Å². The van der Waals surface area contributed by atoms with E-state index in [4.69, 9.17) is 4.74 Å². The molecule has 0 fully saturated rings. The molecular weight excluding hydrogens is 394 g/mol. The Labute approximate surface area is 162 Å². The van der Waals surface area contributed by atoms with Crippen LogP contribution in [0.5, 0.6) is 0 Å². The van der Waals surface area contributed by atoms with Gasteiger partial charge in [0.25, 0.3) is 0 Å². The Bertz CT molecular complexity index is 848. The van der Waals surface area contributed by atoms with Gasteiger partial charge in [0.2, 0.25) is 0 Å². The average Bonchev–Trinajstić information content (AvgIpc) is 3.28. The molecule has 0 saturated heterocycles. The summed E-state index contributed by atoms with van der Waals surface area (Å²) in [5.74, 6) is 0.236. The van der Waals surface area contributed by atoms with Gasteiger partial charge in [0.15, 0.2) is 8.68 Å². The largest absolute Gasteiger partial charge is 0.462 e. The van der Waals surface area contributed by atoms with Gasteiger partial charge in [0.05, 0.1) is 12.3 Å². The molecule has 25 heavy (non-hydrogen) atoms. The Kier molecular flexibility index (Phi) is 6.46. The third kappa shape index (κ3) is 4.60. The van der Waals surface area contributed by atoms with Gasteiger partial charge in [-0.15, -0.1) is 21.5 Å². The molecular formula is C16H15N3O2S4. The molecule has 0 aliphatic rings. The molecule has 0 bridgehead atoms. The van der Waals surface area contributed by atoms with E-state index in [9.17, 15) is 4.79 Å². The summed E-state index contributed by atoms with van der Waals surface area (Å²) >= 11 is 6.02. The van der Waals surface area contributed by atoms with Crippen molar-refractivity contribution in [2.24, 2.45) is 0 Å². The van der Waals surface area contributed by atoms with Crippen molar-refractivity contribution in [3.63, 3.8) is 0 Å². The van der Waals surface area contributed by atoms with Crippen LogP contribution in [0.15, 0.2) is 39.0 Å². The molecule has 2 aromatic heterocycles. The summed E-state index contributed by atoms with van der Waals surface area (Å²) in [7, 11) is 0. The summed E-state index contributed by atoms with van der Waals surface area (Å²) in [6.07, 6.45) is 1.97. The number of ether oxygens (including phenoxy) is 1. The molecule has 0 aliphatic carbocycles. The molecule has 9 heteroatoms. The first-order valence-electron chi connectivity index (χ1n) is 7.43. The number of hydrogen-bond acceptors (Lipinski definition) is 9. The summed E-state index contributed by atoms with van der Waals surface area (Å²) in [6.45, 7) is 2.15. The lowest BCUT2D eigenvalue weighted by atomic mass is 10.2. The Morgan fingerprint density at radius 3 is 2.60 bits per heavy atom. The van der Waals surface area contributed by atoms with Crippen LogP contribution in [-0.4, -0.2) is 34.0 Å². The van der Waals surface area contributed by atoms with Crippen LogP contribution in [0.1, 0.15) is 22.3 Å². The van der Waals surface area contributed by atoms with Gasteiger partial charge in [-0.1, -0.05) is 65.2 Å². The van der Waals surface area contributed by atoms with E-state index in [1.807, 2.05) is 36.6 Å². The topological polar surface area (TPSA) is 65.0 Å². The molecule has 2 heterocycles. The Balaban J connectivity index is 1.84. The molecule has 0 unspecified atom stereocenters. The number of benzene rings is 1. The van der Waals surface area contributed by atoms with Crippen LogP contribution in [0.4, 0.5) is 0 Å². The van der Waals surface area contributed by atoms with E-state index >= 15 is 0 Å². The lowest BCUT2D eigenvalue weighted by Crippen LogP contribution is -2.05. The Morgan fingerprint density at radius 2 is 1.92 bits per heavy atom.